The summed E-state index contributed by atoms with van der Waals surface area (Å²) in [6.07, 6.45) is 1.46. The third kappa shape index (κ3) is 4.92. The van der Waals surface area contributed by atoms with Crippen LogP contribution in [0.2, 0.25) is 5.15 Å². The normalized spacial score (nSPS) is 24.8. The van der Waals surface area contributed by atoms with Crippen molar-refractivity contribution in [2.45, 2.75) is 63.3 Å². The number of anilines is 1. The van der Waals surface area contributed by atoms with Gasteiger partial charge < -0.3 is 19.4 Å². The number of hydrogen-bond donors (Lipinski definition) is 1. The highest BCUT2D eigenvalue weighted by Gasteiger charge is 2.54. The minimum Gasteiger partial charge on any atom is -0.361 e. The Balaban J connectivity index is 1.21. The Morgan fingerprint density at radius 1 is 1.11 bits per heavy atom. The van der Waals surface area contributed by atoms with Crippen molar-refractivity contribution >= 4 is 39.4 Å². The zero-order valence-corrected chi connectivity index (χ0v) is 21.6. The molecule has 0 amide bonds. The number of halogens is 4. The first-order chi connectivity index (χ1) is 18.1. The highest BCUT2D eigenvalue weighted by Crippen LogP contribution is 2.49. The summed E-state index contributed by atoms with van der Waals surface area (Å²) in [7, 11) is 0. The fourth-order valence-corrected chi connectivity index (χ4v) is 5.97. The molecule has 200 valence electrons. The van der Waals surface area contributed by atoms with Crippen molar-refractivity contribution in [1.82, 2.24) is 19.5 Å². The number of aryl methyl sites for hydroxylation is 1. The number of nitrogens with zero attached hydrogens (tertiary/aromatic N) is 4. The molecule has 1 saturated carbocycles. The smallest absolute Gasteiger partial charge is 0.361 e. The fourth-order valence-electron chi connectivity index (χ4n) is 5.78. The van der Waals surface area contributed by atoms with E-state index in [0.717, 1.165) is 41.2 Å². The molecule has 11 heteroatoms. The van der Waals surface area contributed by atoms with E-state index < -0.39 is 18.5 Å². The van der Waals surface area contributed by atoms with Gasteiger partial charge in [-0.05, 0) is 68.9 Å². The van der Waals surface area contributed by atoms with Crippen molar-refractivity contribution in [2.24, 2.45) is 5.92 Å². The molecular weight excluding hydrogens is 519 g/mol. The van der Waals surface area contributed by atoms with E-state index >= 15 is 0 Å². The Labute approximate surface area is 222 Å². The fraction of sp³-hybridized carbons (Fsp3) is 0.444. The molecule has 38 heavy (non-hydrogen) atoms. The molecule has 4 heterocycles. The monoisotopic (exact) mass is 545 g/mol. The van der Waals surface area contributed by atoms with Crippen LogP contribution in [0, 0.1) is 5.92 Å². The molecule has 0 radical (unpaired) electrons. The van der Waals surface area contributed by atoms with E-state index in [1.165, 1.54) is 6.33 Å². The maximum atomic E-state index is 12.6. The minimum atomic E-state index is -4.30. The number of alkyl halides is 3. The lowest BCUT2D eigenvalue weighted by molar-refractivity contribution is -0.160. The van der Waals surface area contributed by atoms with Crippen LogP contribution in [0.4, 0.5) is 19.0 Å². The molecule has 0 bridgehead atoms. The lowest BCUT2D eigenvalue weighted by Crippen LogP contribution is -2.27. The summed E-state index contributed by atoms with van der Waals surface area (Å²) in [6, 6.07) is 11.3. The van der Waals surface area contributed by atoms with Crippen LogP contribution in [0.25, 0.3) is 21.9 Å². The predicted octanol–water partition coefficient (Wildman–Crippen LogP) is 6.32. The Bertz CT molecular complexity index is 1490. The van der Waals surface area contributed by atoms with Gasteiger partial charge in [-0.25, -0.2) is 15.0 Å². The predicted molar refractivity (Wildman–Crippen MR) is 138 cm³/mol. The summed E-state index contributed by atoms with van der Waals surface area (Å²) in [5, 5.41) is 4.46. The summed E-state index contributed by atoms with van der Waals surface area (Å²) < 4.78 is 52.7. The third-order valence-electron chi connectivity index (χ3n) is 7.40. The number of pyridine rings is 1. The first-order valence-corrected chi connectivity index (χ1v) is 13.0. The summed E-state index contributed by atoms with van der Waals surface area (Å²) in [5.74, 6) is -0.242. The van der Waals surface area contributed by atoms with Crippen molar-refractivity contribution in [1.29, 1.82) is 0 Å². The second-order valence-corrected chi connectivity index (χ2v) is 10.8. The van der Waals surface area contributed by atoms with Crippen LogP contribution in [0.3, 0.4) is 0 Å². The van der Waals surface area contributed by atoms with Crippen LogP contribution < -0.4 is 5.32 Å². The quantitative estimate of drug-likeness (QED) is 0.286. The van der Waals surface area contributed by atoms with E-state index in [1.54, 1.807) is 12.1 Å². The van der Waals surface area contributed by atoms with Crippen LogP contribution in [0.1, 0.15) is 38.3 Å². The van der Waals surface area contributed by atoms with Crippen molar-refractivity contribution in [2.75, 3.05) is 11.9 Å². The second-order valence-electron chi connectivity index (χ2n) is 10.5. The average molecular weight is 546 g/mol. The first kappa shape index (κ1) is 25.3. The highest BCUT2D eigenvalue weighted by atomic mass is 35.5. The van der Waals surface area contributed by atoms with Gasteiger partial charge in [-0.15, -0.1) is 0 Å². The first-order valence-electron chi connectivity index (χ1n) is 12.6. The maximum Gasteiger partial charge on any atom is 0.405 e. The largest absolute Gasteiger partial charge is 0.405 e. The summed E-state index contributed by atoms with van der Waals surface area (Å²) in [4.78, 5) is 13.0. The summed E-state index contributed by atoms with van der Waals surface area (Å²) >= 11 is 6.29. The number of ether oxygens (including phenoxy) is 2. The van der Waals surface area contributed by atoms with Gasteiger partial charge in [0.05, 0.1) is 23.0 Å². The van der Waals surface area contributed by atoms with Gasteiger partial charge >= 0.3 is 6.18 Å². The number of rotatable bonds is 6. The SMILES string of the molecule is CC1(C)O[C@@H]2C(CCc3ccc4ccc(NCC(F)(F)F)nc4c3)CC(n3ccc4c(Cl)ncnc43)[C@@H]2O1. The molecule has 6 rings (SSSR count). The topological polar surface area (TPSA) is 74.1 Å². The molecule has 1 aliphatic carbocycles. The van der Waals surface area contributed by atoms with Gasteiger partial charge in [0.25, 0.3) is 0 Å². The zero-order chi connectivity index (χ0) is 26.7. The number of aromatic nitrogens is 4. The maximum absolute atomic E-state index is 12.6. The third-order valence-corrected chi connectivity index (χ3v) is 7.70. The van der Waals surface area contributed by atoms with Gasteiger partial charge in [0.15, 0.2) is 5.79 Å². The van der Waals surface area contributed by atoms with Crippen LogP contribution in [0.15, 0.2) is 48.9 Å². The van der Waals surface area contributed by atoms with Crippen molar-refractivity contribution in [3.05, 3.63) is 59.6 Å². The van der Waals surface area contributed by atoms with Crippen molar-refractivity contribution in [3.63, 3.8) is 0 Å². The molecule has 4 atom stereocenters. The molecule has 1 saturated heterocycles. The zero-order valence-electron chi connectivity index (χ0n) is 20.9. The highest BCUT2D eigenvalue weighted by molar-refractivity contribution is 6.33. The molecule has 1 aliphatic heterocycles. The molecule has 1 aromatic carbocycles. The lowest BCUT2D eigenvalue weighted by Gasteiger charge is -2.24. The van der Waals surface area contributed by atoms with Crippen LogP contribution in [0.5, 0.6) is 0 Å². The molecule has 1 N–H and O–H groups in total. The van der Waals surface area contributed by atoms with Gasteiger partial charge in [-0.2, -0.15) is 13.2 Å². The number of nitrogens with one attached hydrogen (secondary N) is 1. The van der Waals surface area contributed by atoms with Gasteiger partial charge in [0.2, 0.25) is 0 Å². The lowest BCUT2D eigenvalue weighted by atomic mass is 9.95. The Morgan fingerprint density at radius 2 is 1.89 bits per heavy atom. The van der Waals surface area contributed by atoms with E-state index in [2.05, 4.69) is 24.8 Å². The summed E-state index contributed by atoms with van der Waals surface area (Å²) in [6.45, 7) is 2.75. The second kappa shape index (κ2) is 9.36. The minimum absolute atomic E-state index is 0.0378. The summed E-state index contributed by atoms with van der Waals surface area (Å²) in [5.41, 5.74) is 2.51. The van der Waals surface area contributed by atoms with Crippen LogP contribution >= 0.6 is 11.6 Å². The van der Waals surface area contributed by atoms with Crippen LogP contribution in [-0.4, -0.2) is 50.2 Å². The Hall–Kier alpha value is -2.95. The van der Waals surface area contributed by atoms with Gasteiger partial charge in [0, 0.05) is 11.6 Å². The van der Waals surface area contributed by atoms with E-state index in [9.17, 15) is 13.2 Å². The standard InChI is InChI=1S/C27H27ClF3N5O2/c1-26(2)37-22-17(12-20(23(22)38-26)36-10-9-18-24(28)33-14-34-25(18)36)6-4-15-3-5-16-7-8-21(35-19(16)11-15)32-13-27(29,30)31/h3,5,7-11,14,17,20,22-23H,4,6,12-13H2,1-2H3,(H,32,35)/t17?,20?,22-,23+/m1/s1. The molecule has 0 spiro atoms. The van der Waals surface area contributed by atoms with Crippen molar-refractivity contribution in [3.8, 4) is 0 Å². The molecule has 4 aromatic rings. The molecule has 2 fully saturated rings. The number of benzene rings is 1. The van der Waals surface area contributed by atoms with Crippen molar-refractivity contribution < 1.29 is 22.6 Å². The van der Waals surface area contributed by atoms with Gasteiger partial charge in [-0.3, -0.25) is 0 Å². The molecule has 2 aliphatic rings. The Kier molecular flexibility index (Phi) is 6.24. The van der Waals surface area contributed by atoms with Gasteiger partial charge in [-0.1, -0.05) is 23.7 Å². The Morgan fingerprint density at radius 3 is 2.71 bits per heavy atom. The van der Waals surface area contributed by atoms with E-state index in [4.69, 9.17) is 21.1 Å². The number of fused-ring (bicyclic) bond motifs is 3. The molecule has 7 nitrogen and oxygen atoms in total. The van der Waals surface area contributed by atoms with E-state index in [1.807, 2.05) is 44.3 Å². The average Bonchev–Trinajstić information content (AvgIpc) is 3.52. The van der Waals surface area contributed by atoms with E-state index in [-0.39, 0.29) is 30.0 Å². The molecular formula is C27H27ClF3N5O2. The molecule has 3 aromatic heterocycles. The van der Waals surface area contributed by atoms with Crippen LogP contribution in [-0.2, 0) is 15.9 Å². The van der Waals surface area contributed by atoms with Gasteiger partial charge in [0.1, 0.15) is 35.6 Å². The van der Waals surface area contributed by atoms with E-state index in [0.29, 0.717) is 10.7 Å². The number of hydrogen-bond acceptors (Lipinski definition) is 6. The molecule has 2 unspecified atom stereocenters.